The molecule has 0 atom stereocenters. The Morgan fingerprint density at radius 1 is 1.50 bits per heavy atom. The second-order valence-electron chi connectivity index (χ2n) is 1.04. The molecule has 0 aliphatic heterocycles. The smallest absolute Gasteiger partial charge is 0.0891 e. The predicted octanol–water partition coefficient (Wildman–Crippen LogP) is -0.695. The van der Waals surface area contributed by atoms with Crippen LogP contribution in [0.2, 0.25) is 6.04 Å². The van der Waals surface area contributed by atoms with E-state index in [1.165, 1.54) is 0 Å². The van der Waals surface area contributed by atoms with Gasteiger partial charge in [0, 0.05) is 10.2 Å². The molecule has 0 aromatic rings. The summed E-state index contributed by atoms with van der Waals surface area (Å²) in [4.78, 5) is 0. The molecule has 0 amide bonds. The van der Waals surface area contributed by atoms with Crippen molar-refractivity contribution < 1.29 is 9.87 Å². The number of hydrogen-bond acceptors (Lipinski definition) is 0. The van der Waals surface area contributed by atoms with Gasteiger partial charge in [0.05, 0.1) is 6.67 Å². The Balaban J connectivity index is 0. The van der Waals surface area contributed by atoms with Gasteiger partial charge in [0.1, 0.15) is 0 Å². The Morgan fingerprint density at radius 2 is 2.00 bits per heavy atom. The van der Waals surface area contributed by atoms with E-state index in [0.29, 0.717) is 0 Å². The molecular weight excluding hydrogens is 99.1 g/mol. The number of halogens is 1. The van der Waals surface area contributed by atoms with Crippen molar-refractivity contribution in [1.82, 2.24) is 0 Å². The van der Waals surface area contributed by atoms with Gasteiger partial charge in [-0.1, -0.05) is 6.04 Å². The van der Waals surface area contributed by atoms with E-state index in [4.69, 9.17) is 0 Å². The fraction of sp³-hybridized carbons (Fsp3) is 1.00. The van der Waals surface area contributed by atoms with Crippen LogP contribution in [0.5, 0.6) is 0 Å². The lowest BCUT2D eigenvalue weighted by molar-refractivity contribution is 0.487. The van der Waals surface area contributed by atoms with Gasteiger partial charge < -0.3 is 5.48 Å². The summed E-state index contributed by atoms with van der Waals surface area (Å²) in [5.74, 6) is 0. The molecule has 0 unspecified atom stereocenters. The number of rotatable bonds is 2. The fourth-order valence-electron chi connectivity index (χ4n) is 0.134. The molecule has 0 aromatic heterocycles. The van der Waals surface area contributed by atoms with E-state index >= 15 is 0 Å². The van der Waals surface area contributed by atoms with Crippen LogP contribution in [0, 0.1) is 0 Å². The fourth-order valence-corrected chi connectivity index (χ4v) is 0.401. The van der Waals surface area contributed by atoms with E-state index in [-0.39, 0.29) is 12.2 Å². The lowest BCUT2D eigenvalue weighted by Crippen LogP contribution is -1.70. The molecule has 0 aliphatic rings. The minimum absolute atomic E-state index is 0. The van der Waals surface area contributed by atoms with Crippen LogP contribution in [0.25, 0.3) is 0 Å². The molecule has 0 aromatic carbocycles. The Morgan fingerprint density at radius 3 is 2.00 bits per heavy atom. The zero-order valence-corrected chi connectivity index (χ0v) is 6.00. The molecule has 1 nitrogen and oxygen atoms in total. The molecule has 0 aliphatic carbocycles. The first-order valence-corrected chi connectivity index (χ1v) is 3.39. The summed E-state index contributed by atoms with van der Waals surface area (Å²) in [5, 5.41) is 0. The van der Waals surface area contributed by atoms with Crippen LogP contribution < -0.4 is 0 Å². The van der Waals surface area contributed by atoms with Crippen molar-refractivity contribution in [2.24, 2.45) is 0 Å². The van der Waals surface area contributed by atoms with E-state index in [2.05, 4.69) is 0 Å². The molecule has 0 bridgehead atoms. The molecule has 0 rings (SSSR count). The van der Waals surface area contributed by atoms with Gasteiger partial charge in [-0.2, -0.15) is 0 Å². The van der Waals surface area contributed by atoms with Crippen molar-refractivity contribution in [3.63, 3.8) is 0 Å². The highest BCUT2D eigenvalue weighted by Crippen LogP contribution is 1.81. The summed E-state index contributed by atoms with van der Waals surface area (Å²) >= 11 is 0. The molecule has 6 heavy (non-hydrogen) atoms. The maximum absolute atomic E-state index is 11.0. The van der Waals surface area contributed by atoms with Gasteiger partial charge in [-0.15, -0.1) is 0 Å². The third kappa shape index (κ3) is 8.93. The standard InChI is InChI=1S/C3H9FSi.H2O/c4-2-1-3-5;/h1-3H2,5H3;1H2. The van der Waals surface area contributed by atoms with Crippen molar-refractivity contribution in [2.75, 3.05) is 6.67 Å². The Kier molecular flexibility index (Phi) is 14.0. The van der Waals surface area contributed by atoms with E-state index in [9.17, 15) is 4.39 Å². The molecule has 0 fully saturated rings. The van der Waals surface area contributed by atoms with Crippen molar-refractivity contribution in [1.29, 1.82) is 0 Å². The largest absolute Gasteiger partial charge is 0.412 e. The first-order chi connectivity index (χ1) is 2.41. The Hall–Kier alpha value is 0.107. The van der Waals surface area contributed by atoms with Gasteiger partial charge in [0.2, 0.25) is 0 Å². The van der Waals surface area contributed by atoms with Crippen LogP contribution >= 0.6 is 0 Å². The van der Waals surface area contributed by atoms with Gasteiger partial charge >= 0.3 is 0 Å². The average Bonchev–Trinajstić information content (AvgIpc) is 1.41. The molecule has 0 spiro atoms. The maximum Gasteiger partial charge on any atom is 0.0891 e. The van der Waals surface area contributed by atoms with Gasteiger partial charge in [-0.3, -0.25) is 4.39 Å². The van der Waals surface area contributed by atoms with Crippen molar-refractivity contribution in [2.45, 2.75) is 12.5 Å². The van der Waals surface area contributed by atoms with E-state index < -0.39 is 0 Å². The average molecular weight is 110 g/mol. The highest BCUT2D eigenvalue weighted by molar-refractivity contribution is 6.08. The normalized spacial score (nSPS) is 7.50. The molecule has 0 saturated carbocycles. The molecule has 2 N–H and O–H groups in total. The monoisotopic (exact) mass is 110 g/mol. The zero-order valence-electron chi connectivity index (χ0n) is 4.00. The minimum Gasteiger partial charge on any atom is -0.412 e. The predicted molar refractivity (Wildman–Crippen MR) is 29.0 cm³/mol. The SMILES string of the molecule is FCCC[SiH3].O. The summed E-state index contributed by atoms with van der Waals surface area (Å²) in [6.45, 7) is -0.122. The molecule has 3 heteroatoms. The second kappa shape index (κ2) is 8.92. The van der Waals surface area contributed by atoms with Gasteiger partial charge in [0.25, 0.3) is 0 Å². The van der Waals surface area contributed by atoms with Crippen LogP contribution in [0.1, 0.15) is 6.42 Å². The van der Waals surface area contributed by atoms with E-state index in [1.807, 2.05) is 0 Å². The van der Waals surface area contributed by atoms with Crippen LogP contribution in [-0.2, 0) is 0 Å². The third-order valence-electron chi connectivity index (χ3n) is 0.487. The zero-order chi connectivity index (χ0) is 4.12. The number of alkyl halides is 1. The number of hydrogen-bond donors (Lipinski definition) is 0. The lowest BCUT2D eigenvalue weighted by Gasteiger charge is -1.76. The highest BCUT2D eigenvalue weighted by Gasteiger charge is 1.71. The van der Waals surface area contributed by atoms with Crippen molar-refractivity contribution in [3.8, 4) is 0 Å². The Labute approximate surface area is 40.3 Å². The van der Waals surface area contributed by atoms with Crippen LogP contribution in [0.15, 0.2) is 0 Å². The Bertz CT molecular complexity index is 18.3. The van der Waals surface area contributed by atoms with Gasteiger partial charge in [0.15, 0.2) is 0 Å². The molecule has 40 valence electrons. The third-order valence-corrected chi connectivity index (χ3v) is 1.19. The topological polar surface area (TPSA) is 31.5 Å². The summed E-state index contributed by atoms with van der Waals surface area (Å²) in [5.41, 5.74) is 0. The first-order valence-electron chi connectivity index (χ1n) is 1.97. The van der Waals surface area contributed by atoms with Crippen LogP contribution in [0.3, 0.4) is 0 Å². The first kappa shape index (κ1) is 9.44. The summed E-state index contributed by atoms with van der Waals surface area (Å²) < 4.78 is 11.0. The lowest BCUT2D eigenvalue weighted by atomic mass is 10.6. The van der Waals surface area contributed by atoms with E-state index in [0.717, 1.165) is 22.7 Å². The van der Waals surface area contributed by atoms with Gasteiger partial charge in [-0.25, -0.2) is 0 Å². The highest BCUT2D eigenvalue weighted by atomic mass is 28.1. The summed E-state index contributed by atoms with van der Waals surface area (Å²) in [7, 11) is 1.16. The second-order valence-corrected chi connectivity index (χ2v) is 2.04. The summed E-state index contributed by atoms with van der Waals surface area (Å²) in [6, 6.07) is 1.11. The van der Waals surface area contributed by atoms with Gasteiger partial charge in [-0.05, 0) is 6.42 Å². The van der Waals surface area contributed by atoms with Crippen molar-refractivity contribution in [3.05, 3.63) is 0 Å². The molecule has 0 saturated heterocycles. The summed E-state index contributed by atoms with van der Waals surface area (Å²) in [6.07, 6.45) is 0.784. The molecular formula is C3H11FOSi. The van der Waals surface area contributed by atoms with Crippen molar-refractivity contribution >= 4 is 10.2 Å². The maximum atomic E-state index is 11.0. The molecule has 0 heterocycles. The van der Waals surface area contributed by atoms with E-state index in [1.54, 1.807) is 0 Å². The quantitative estimate of drug-likeness (QED) is 0.421. The van der Waals surface area contributed by atoms with Crippen LogP contribution in [0.4, 0.5) is 4.39 Å². The van der Waals surface area contributed by atoms with Crippen LogP contribution in [-0.4, -0.2) is 22.4 Å². The minimum atomic E-state index is -0.122. The molecule has 0 radical (unpaired) electrons.